The lowest BCUT2D eigenvalue weighted by Crippen LogP contribution is -2.10. The van der Waals surface area contributed by atoms with Gasteiger partial charge in [-0.2, -0.15) is 0 Å². The molecule has 1 aromatic heterocycles. The zero-order chi connectivity index (χ0) is 11.6. The molecule has 90 valence electrons. The van der Waals surface area contributed by atoms with Gasteiger partial charge in [-0.05, 0) is 6.42 Å². The lowest BCUT2D eigenvalue weighted by molar-refractivity contribution is 0.0797. The van der Waals surface area contributed by atoms with Gasteiger partial charge < -0.3 is 19.9 Å². The summed E-state index contributed by atoms with van der Waals surface area (Å²) in [5, 5.41) is 0. The number of aromatic nitrogens is 2. The van der Waals surface area contributed by atoms with Crippen molar-refractivity contribution in [2.45, 2.75) is 6.42 Å². The molecule has 0 bridgehead atoms. The predicted molar refractivity (Wildman–Crippen MR) is 59.3 cm³/mol. The van der Waals surface area contributed by atoms with Gasteiger partial charge in [0.15, 0.2) is 5.82 Å². The highest BCUT2D eigenvalue weighted by Crippen LogP contribution is 2.11. The molecule has 0 atom stereocenters. The monoisotopic (exact) mass is 227 g/mol. The maximum absolute atomic E-state index is 5.55. The van der Waals surface area contributed by atoms with Crippen LogP contribution >= 0.6 is 0 Å². The molecular weight excluding hydrogens is 210 g/mol. The van der Waals surface area contributed by atoms with E-state index in [9.17, 15) is 0 Å². The van der Waals surface area contributed by atoms with Gasteiger partial charge in [-0.15, -0.1) is 0 Å². The number of ether oxygens (including phenoxy) is 3. The zero-order valence-electron chi connectivity index (χ0n) is 9.39. The number of methoxy groups -OCH3 is 1. The molecule has 0 radical (unpaired) electrons. The number of anilines is 1. The maximum atomic E-state index is 5.55. The second-order valence-electron chi connectivity index (χ2n) is 3.05. The third kappa shape index (κ3) is 4.90. The molecule has 0 spiro atoms. The number of rotatable bonds is 8. The van der Waals surface area contributed by atoms with Gasteiger partial charge in [0.2, 0.25) is 0 Å². The molecule has 0 saturated carbocycles. The molecule has 0 fully saturated rings. The summed E-state index contributed by atoms with van der Waals surface area (Å²) in [5.41, 5.74) is 5.55. The van der Waals surface area contributed by atoms with Crippen LogP contribution in [0, 0.1) is 0 Å². The first-order chi connectivity index (χ1) is 7.84. The van der Waals surface area contributed by atoms with Crippen LogP contribution in [0.4, 0.5) is 5.82 Å². The van der Waals surface area contributed by atoms with Gasteiger partial charge in [0.25, 0.3) is 5.88 Å². The van der Waals surface area contributed by atoms with Crippen LogP contribution in [-0.4, -0.2) is 43.5 Å². The fourth-order valence-electron chi connectivity index (χ4n) is 1.05. The van der Waals surface area contributed by atoms with E-state index < -0.39 is 0 Å². The topological polar surface area (TPSA) is 79.5 Å². The lowest BCUT2D eigenvalue weighted by atomic mass is 10.5. The van der Waals surface area contributed by atoms with Crippen LogP contribution in [0.2, 0.25) is 0 Å². The van der Waals surface area contributed by atoms with E-state index in [4.69, 9.17) is 19.9 Å². The van der Waals surface area contributed by atoms with Crippen molar-refractivity contribution >= 4 is 5.82 Å². The maximum Gasteiger partial charge on any atom is 0.257 e. The van der Waals surface area contributed by atoms with E-state index >= 15 is 0 Å². The Kier molecular flexibility index (Phi) is 6.20. The number of hydrogen-bond acceptors (Lipinski definition) is 6. The quantitative estimate of drug-likeness (QED) is 0.651. The summed E-state index contributed by atoms with van der Waals surface area (Å²) in [4.78, 5) is 7.79. The summed E-state index contributed by atoms with van der Waals surface area (Å²) < 4.78 is 15.5. The van der Waals surface area contributed by atoms with Crippen molar-refractivity contribution in [3.8, 4) is 5.88 Å². The van der Waals surface area contributed by atoms with Crippen LogP contribution in [0.3, 0.4) is 0 Å². The first-order valence-corrected chi connectivity index (χ1v) is 5.10. The number of nitrogen functional groups attached to an aromatic ring is 1. The van der Waals surface area contributed by atoms with Gasteiger partial charge in [-0.3, -0.25) is 0 Å². The third-order valence-corrected chi connectivity index (χ3v) is 1.79. The van der Waals surface area contributed by atoms with Gasteiger partial charge in [-0.1, -0.05) is 0 Å². The third-order valence-electron chi connectivity index (χ3n) is 1.79. The van der Waals surface area contributed by atoms with E-state index in [0.717, 1.165) is 6.42 Å². The molecule has 1 heterocycles. The Morgan fingerprint density at radius 3 is 2.69 bits per heavy atom. The van der Waals surface area contributed by atoms with E-state index in [2.05, 4.69) is 9.97 Å². The van der Waals surface area contributed by atoms with Gasteiger partial charge in [0.1, 0.15) is 6.61 Å². The molecule has 0 aliphatic rings. The Hall–Kier alpha value is -1.40. The van der Waals surface area contributed by atoms with Crippen molar-refractivity contribution in [3.63, 3.8) is 0 Å². The summed E-state index contributed by atoms with van der Waals surface area (Å²) >= 11 is 0. The zero-order valence-corrected chi connectivity index (χ0v) is 9.39. The van der Waals surface area contributed by atoms with E-state index in [1.54, 1.807) is 7.11 Å². The Balaban J connectivity index is 2.05. The van der Waals surface area contributed by atoms with E-state index in [-0.39, 0.29) is 0 Å². The van der Waals surface area contributed by atoms with Gasteiger partial charge in [0, 0.05) is 32.7 Å². The molecule has 0 aliphatic carbocycles. The highest BCUT2D eigenvalue weighted by Gasteiger charge is 2.00. The molecule has 1 aromatic rings. The van der Waals surface area contributed by atoms with Crippen LogP contribution in [0.1, 0.15) is 6.42 Å². The molecule has 0 aliphatic heterocycles. The first kappa shape index (κ1) is 12.7. The predicted octanol–water partition coefficient (Wildman–Crippen LogP) is 0.491. The van der Waals surface area contributed by atoms with Crippen molar-refractivity contribution < 1.29 is 14.2 Å². The van der Waals surface area contributed by atoms with E-state index in [0.29, 0.717) is 38.1 Å². The summed E-state index contributed by atoms with van der Waals surface area (Å²) in [5.74, 6) is 0.643. The van der Waals surface area contributed by atoms with Crippen LogP contribution < -0.4 is 10.5 Å². The van der Waals surface area contributed by atoms with Crippen molar-refractivity contribution in [2.75, 3.05) is 39.3 Å². The summed E-state index contributed by atoms with van der Waals surface area (Å²) in [6.07, 6.45) is 3.93. The highest BCUT2D eigenvalue weighted by molar-refractivity contribution is 5.38. The fourth-order valence-corrected chi connectivity index (χ4v) is 1.05. The Morgan fingerprint density at radius 2 is 1.94 bits per heavy atom. The molecule has 2 N–H and O–H groups in total. The number of nitrogens with zero attached hydrogens (tertiary/aromatic N) is 2. The summed E-state index contributed by atoms with van der Waals surface area (Å²) in [7, 11) is 1.67. The standard InChI is InChI=1S/C10H17N3O3/c1-14-5-2-6-15-7-8-16-10-9(11)12-3-4-13-10/h3-4H,2,5-8H2,1H3,(H2,11,12). The molecule has 0 amide bonds. The Labute approximate surface area is 94.7 Å². The molecule has 6 heteroatoms. The SMILES string of the molecule is COCCCOCCOc1nccnc1N. The van der Waals surface area contributed by atoms with Crippen LogP contribution in [-0.2, 0) is 9.47 Å². The molecule has 1 rings (SSSR count). The largest absolute Gasteiger partial charge is 0.473 e. The Bertz CT molecular complexity index is 296. The Morgan fingerprint density at radius 1 is 1.12 bits per heavy atom. The van der Waals surface area contributed by atoms with Crippen LogP contribution in [0.25, 0.3) is 0 Å². The lowest BCUT2D eigenvalue weighted by Gasteiger charge is -2.07. The summed E-state index contributed by atoms with van der Waals surface area (Å²) in [6.45, 7) is 2.28. The fraction of sp³-hybridized carbons (Fsp3) is 0.600. The van der Waals surface area contributed by atoms with Crippen molar-refractivity contribution in [3.05, 3.63) is 12.4 Å². The van der Waals surface area contributed by atoms with Crippen LogP contribution in [0.15, 0.2) is 12.4 Å². The first-order valence-electron chi connectivity index (χ1n) is 5.10. The molecule has 16 heavy (non-hydrogen) atoms. The minimum atomic E-state index is 0.293. The van der Waals surface area contributed by atoms with E-state index in [1.807, 2.05) is 0 Å². The van der Waals surface area contributed by atoms with Crippen LogP contribution in [0.5, 0.6) is 5.88 Å². The highest BCUT2D eigenvalue weighted by atomic mass is 16.5. The average molecular weight is 227 g/mol. The van der Waals surface area contributed by atoms with Gasteiger partial charge in [-0.25, -0.2) is 9.97 Å². The minimum absolute atomic E-state index is 0.293. The molecule has 0 saturated heterocycles. The second kappa shape index (κ2) is 7.84. The van der Waals surface area contributed by atoms with Gasteiger partial charge >= 0.3 is 0 Å². The normalized spacial score (nSPS) is 10.3. The van der Waals surface area contributed by atoms with E-state index in [1.165, 1.54) is 12.4 Å². The summed E-state index contributed by atoms with van der Waals surface area (Å²) in [6, 6.07) is 0. The van der Waals surface area contributed by atoms with Crippen molar-refractivity contribution in [2.24, 2.45) is 0 Å². The average Bonchev–Trinajstić information content (AvgIpc) is 2.30. The second-order valence-corrected chi connectivity index (χ2v) is 3.05. The molecule has 6 nitrogen and oxygen atoms in total. The van der Waals surface area contributed by atoms with Gasteiger partial charge in [0.05, 0.1) is 6.61 Å². The molecular formula is C10H17N3O3. The number of hydrogen-bond donors (Lipinski definition) is 1. The molecule has 0 unspecified atom stereocenters. The van der Waals surface area contributed by atoms with Crippen molar-refractivity contribution in [1.82, 2.24) is 9.97 Å². The number of nitrogens with two attached hydrogens (primary N) is 1. The molecule has 0 aromatic carbocycles. The van der Waals surface area contributed by atoms with Crippen molar-refractivity contribution in [1.29, 1.82) is 0 Å². The minimum Gasteiger partial charge on any atom is -0.473 e. The smallest absolute Gasteiger partial charge is 0.257 e.